The molecule has 2 aromatic carbocycles. The maximum absolute atomic E-state index is 12.9. The standard InChI is InChI=1S/C27H25F3N2O3S/c1-32-14-18(12-24(33)34)21-13-20(10-11-22(21)32)35-15-17-4-2-3-5-23-25(17)31-26(36-23)16-6-8-19(9-7-16)27(28,29)30/h6-11,13-14,17H,2-5,12,15H2,1H3,(H,33,34). The number of thiazole rings is 1. The summed E-state index contributed by atoms with van der Waals surface area (Å²) in [4.78, 5) is 17.3. The maximum atomic E-state index is 12.9. The van der Waals surface area contributed by atoms with Crippen LogP contribution in [0.4, 0.5) is 13.2 Å². The Morgan fingerprint density at radius 3 is 2.69 bits per heavy atom. The topological polar surface area (TPSA) is 64.4 Å². The van der Waals surface area contributed by atoms with Crippen LogP contribution in [0.15, 0.2) is 48.7 Å². The van der Waals surface area contributed by atoms with Gasteiger partial charge in [-0.1, -0.05) is 18.6 Å². The number of halogens is 3. The number of hydrogen-bond acceptors (Lipinski definition) is 4. The van der Waals surface area contributed by atoms with Crippen molar-refractivity contribution < 1.29 is 27.8 Å². The van der Waals surface area contributed by atoms with Crippen LogP contribution >= 0.6 is 11.3 Å². The van der Waals surface area contributed by atoms with E-state index < -0.39 is 17.7 Å². The van der Waals surface area contributed by atoms with E-state index in [9.17, 15) is 23.1 Å². The summed E-state index contributed by atoms with van der Waals surface area (Å²) in [6.45, 7) is 0.426. The molecular weight excluding hydrogens is 489 g/mol. The first-order valence-electron chi connectivity index (χ1n) is 11.8. The van der Waals surface area contributed by atoms with Gasteiger partial charge in [0.2, 0.25) is 0 Å². The van der Waals surface area contributed by atoms with Crippen LogP contribution < -0.4 is 4.74 Å². The summed E-state index contributed by atoms with van der Waals surface area (Å²) in [7, 11) is 1.89. The van der Waals surface area contributed by atoms with E-state index in [0.29, 0.717) is 17.9 Å². The number of fused-ring (bicyclic) bond motifs is 2. The highest BCUT2D eigenvalue weighted by Gasteiger charge is 2.30. The molecule has 1 unspecified atom stereocenters. The van der Waals surface area contributed by atoms with E-state index in [0.717, 1.165) is 65.0 Å². The lowest BCUT2D eigenvalue weighted by atomic mass is 10.0. The zero-order valence-corrected chi connectivity index (χ0v) is 20.5. The van der Waals surface area contributed by atoms with Crippen molar-refractivity contribution in [1.29, 1.82) is 0 Å². The van der Waals surface area contributed by atoms with E-state index in [1.807, 2.05) is 36.0 Å². The largest absolute Gasteiger partial charge is 0.493 e. The van der Waals surface area contributed by atoms with Crippen molar-refractivity contribution in [2.75, 3.05) is 6.61 Å². The lowest BCUT2D eigenvalue weighted by molar-refractivity contribution is -0.138. The third kappa shape index (κ3) is 4.97. The van der Waals surface area contributed by atoms with Crippen LogP contribution in [-0.2, 0) is 30.9 Å². The van der Waals surface area contributed by atoms with E-state index in [2.05, 4.69) is 0 Å². The lowest BCUT2D eigenvalue weighted by Crippen LogP contribution is -2.11. The average molecular weight is 515 g/mol. The highest BCUT2D eigenvalue weighted by molar-refractivity contribution is 7.15. The quantitative estimate of drug-likeness (QED) is 0.286. The Kier molecular flexibility index (Phi) is 6.51. The monoisotopic (exact) mass is 514 g/mol. The van der Waals surface area contributed by atoms with Gasteiger partial charge in [0, 0.05) is 40.5 Å². The first-order chi connectivity index (χ1) is 17.2. The van der Waals surface area contributed by atoms with Crippen molar-refractivity contribution in [3.63, 3.8) is 0 Å². The van der Waals surface area contributed by atoms with Crippen molar-refractivity contribution >= 4 is 28.2 Å². The van der Waals surface area contributed by atoms with Crippen LogP contribution in [0.3, 0.4) is 0 Å². The summed E-state index contributed by atoms with van der Waals surface area (Å²) in [5.41, 5.74) is 2.66. The molecule has 0 amide bonds. The molecule has 1 aliphatic carbocycles. The Labute approximate surface area is 210 Å². The molecule has 9 heteroatoms. The number of hydrogen-bond donors (Lipinski definition) is 1. The van der Waals surface area contributed by atoms with Crippen LogP contribution in [0.25, 0.3) is 21.5 Å². The summed E-state index contributed by atoms with van der Waals surface area (Å²) >= 11 is 1.55. The molecule has 36 heavy (non-hydrogen) atoms. The molecule has 1 aliphatic rings. The molecular formula is C27H25F3N2O3S. The number of ether oxygens (including phenoxy) is 1. The Morgan fingerprint density at radius 2 is 1.97 bits per heavy atom. The molecule has 5 nitrogen and oxygen atoms in total. The summed E-state index contributed by atoms with van der Waals surface area (Å²) in [5, 5.41) is 10.8. The van der Waals surface area contributed by atoms with Gasteiger partial charge in [-0.05, 0) is 55.2 Å². The van der Waals surface area contributed by atoms with E-state index >= 15 is 0 Å². The molecule has 4 aromatic rings. The van der Waals surface area contributed by atoms with E-state index in [4.69, 9.17) is 9.72 Å². The number of alkyl halides is 3. The van der Waals surface area contributed by atoms with Crippen molar-refractivity contribution in [3.8, 4) is 16.3 Å². The fourth-order valence-corrected chi connectivity index (χ4v) is 6.00. The minimum absolute atomic E-state index is 0.0572. The maximum Gasteiger partial charge on any atom is 0.416 e. The van der Waals surface area contributed by atoms with Crippen molar-refractivity contribution in [2.24, 2.45) is 7.05 Å². The Bertz CT molecular complexity index is 1410. The molecule has 5 rings (SSSR count). The first kappa shape index (κ1) is 24.4. The highest BCUT2D eigenvalue weighted by atomic mass is 32.1. The zero-order valence-electron chi connectivity index (χ0n) is 19.6. The number of carbonyl (C=O) groups is 1. The number of aliphatic carboxylic acids is 1. The molecule has 0 saturated carbocycles. The van der Waals surface area contributed by atoms with E-state index in [1.54, 1.807) is 11.3 Å². The van der Waals surface area contributed by atoms with Gasteiger partial charge >= 0.3 is 12.1 Å². The number of nitrogens with zero attached hydrogens (tertiary/aromatic N) is 2. The van der Waals surface area contributed by atoms with E-state index in [-0.39, 0.29) is 12.3 Å². The summed E-state index contributed by atoms with van der Waals surface area (Å²) in [6, 6.07) is 10.9. The van der Waals surface area contributed by atoms with E-state index in [1.165, 1.54) is 17.0 Å². The number of benzene rings is 2. The van der Waals surface area contributed by atoms with Crippen molar-refractivity contribution in [1.82, 2.24) is 9.55 Å². The molecule has 188 valence electrons. The van der Waals surface area contributed by atoms with Gasteiger partial charge in [-0.3, -0.25) is 4.79 Å². The fourth-order valence-electron chi connectivity index (χ4n) is 4.81. The molecule has 1 N–H and O–H groups in total. The molecule has 0 spiro atoms. The average Bonchev–Trinajstić information content (AvgIpc) is 3.32. The second kappa shape index (κ2) is 9.61. The van der Waals surface area contributed by atoms with Gasteiger partial charge in [-0.15, -0.1) is 11.3 Å². The number of carboxylic acids is 1. The van der Waals surface area contributed by atoms with Gasteiger partial charge in [0.15, 0.2) is 0 Å². The van der Waals surface area contributed by atoms with Crippen LogP contribution in [0, 0.1) is 0 Å². The molecule has 0 fully saturated rings. The Morgan fingerprint density at radius 1 is 1.19 bits per heavy atom. The normalized spacial score (nSPS) is 16.1. The minimum atomic E-state index is -4.36. The molecule has 0 bridgehead atoms. The number of carboxylic acid groups (broad SMARTS) is 1. The van der Waals surface area contributed by atoms with Gasteiger partial charge < -0.3 is 14.4 Å². The fraction of sp³-hybridized carbons (Fsp3) is 0.333. The van der Waals surface area contributed by atoms with Crippen LogP contribution in [0.1, 0.15) is 46.9 Å². The smallest absolute Gasteiger partial charge is 0.416 e. The predicted octanol–water partition coefficient (Wildman–Crippen LogP) is 6.84. The lowest BCUT2D eigenvalue weighted by Gasteiger charge is -2.15. The van der Waals surface area contributed by atoms with Gasteiger partial charge in [-0.2, -0.15) is 13.2 Å². The molecule has 1 atom stereocenters. The Hall–Kier alpha value is -3.33. The highest BCUT2D eigenvalue weighted by Crippen LogP contribution is 2.39. The van der Waals surface area contributed by atoms with Crippen molar-refractivity contribution in [2.45, 2.75) is 44.2 Å². The summed E-state index contributed by atoms with van der Waals surface area (Å²) in [6.07, 6.45) is 1.31. The van der Waals surface area contributed by atoms with Gasteiger partial charge in [0.05, 0.1) is 24.3 Å². The van der Waals surface area contributed by atoms with Crippen LogP contribution in [0.5, 0.6) is 5.75 Å². The SMILES string of the molecule is Cn1cc(CC(=O)O)c2cc(OCC3CCCCc4sc(-c5ccc(C(F)(F)F)cc5)nc43)ccc21. The third-order valence-electron chi connectivity index (χ3n) is 6.62. The molecule has 0 saturated heterocycles. The molecule has 2 heterocycles. The zero-order chi connectivity index (χ0) is 25.4. The van der Waals surface area contributed by atoms with Crippen LogP contribution in [0.2, 0.25) is 0 Å². The summed E-state index contributed by atoms with van der Waals surface area (Å²) in [5.74, 6) is -0.136. The molecule has 2 aromatic heterocycles. The van der Waals surface area contributed by atoms with Crippen molar-refractivity contribution in [3.05, 3.63) is 70.4 Å². The van der Waals surface area contributed by atoms with Gasteiger partial charge in [0.1, 0.15) is 10.8 Å². The van der Waals surface area contributed by atoms with Gasteiger partial charge in [-0.25, -0.2) is 4.98 Å². The predicted molar refractivity (Wildman–Crippen MR) is 133 cm³/mol. The summed E-state index contributed by atoms with van der Waals surface area (Å²) < 4.78 is 46.9. The third-order valence-corrected chi connectivity index (χ3v) is 7.80. The Balaban J connectivity index is 1.37. The minimum Gasteiger partial charge on any atom is -0.493 e. The number of rotatable bonds is 6. The second-order valence-corrected chi connectivity index (χ2v) is 10.3. The van der Waals surface area contributed by atoms with Crippen LogP contribution in [-0.4, -0.2) is 27.2 Å². The molecule has 0 radical (unpaired) electrons. The first-order valence-corrected chi connectivity index (χ1v) is 12.6. The second-order valence-electron chi connectivity index (χ2n) is 9.17. The number of aryl methyl sites for hydroxylation is 2. The van der Waals surface area contributed by atoms with Gasteiger partial charge in [0.25, 0.3) is 0 Å². The molecule has 0 aliphatic heterocycles. The number of aromatic nitrogens is 2.